The van der Waals surface area contributed by atoms with Gasteiger partial charge in [0.1, 0.15) is 10.8 Å². The third-order valence-corrected chi connectivity index (χ3v) is 6.50. The number of carbonyl (C=O) groups excluding carboxylic acids is 2. The molecule has 6 nitrogen and oxygen atoms in total. The maximum atomic E-state index is 12.9. The van der Waals surface area contributed by atoms with E-state index in [4.69, 9.17) is 0 Å². The highest BCUT2D eigenvalue weighted by Crippen LogP contribution is 2.26. The third-order valence-electron chi connectivity index (χ3n) is 4.87. The lowest BCUT2D eigenvalue weighted by Gasteiger charge is -2.34. The number of hydrogen-bond donors (Lipinski definition) is 1. The first kappa shape index (κ1) is 20.6. The van der Waals surface area contributed by atoms with Crippen molar-refractivity contribution in [3.05, 3.63) is 58.0 Å². The van der Waals surface area contributed by atoms with Gasteiger partial charge in [-0.15, -0.1) is 11.3 Å². The molecule has 3 aromatic rings. The molecule has 0 saturated carbocycles. The van der Waals surface area contributed by atoms with Crippen LogP contribution in [0, 0.1) is 5.82 Å². The third kappa shape index (κ3) is 5.29. The fourth-order valence-corrected chi connectivity index (χ4v) is 4.80. The van der Waals surface area contributed by atoms with E-state index in [1.807, 2.05) is 26.6 Å². The van der Waals surface area contributed by atoms with E-state index in [2.05, 4.69) is 15.7 Å². The molecule has 1 aliphatic rings. The predicted octanol–water partition coefficient (Wildman–Crippen LogP) is 3.34. The molecule has 0 atom stereocenters. The summed E-state index contributed by atoms with van der Waals surface area (Å²) in [5.74, 6) is -0.425. The summed E-state index contributed by atoms with van der Waals surface area (Å²) in [4.78, 5) is 33.2. The number of aromatic nitrogens is 1. The number of anilines is 1. The number of nitrogens with zero attached hydrogens (tertiary/aromatic N) is 3. The van der Waals surface area contributed by atoms with Gasteiger partial charge in [-0.1, -0.05) is 0 Å². The number of thiophene rings is 1. The fourth-order valence-electron chi connectivity index (χ4n) is 3.27. The number of hydrogen-bond acceptors (Lipinski definition) is 6. The summed E-state index contributed by atoms with van der Waals surface area (Å²) in [5, 5.41) is 9.72. The van der Waals surface area contributed by atoms with Crippen LogP contribution in [0.3, 0.4) is 0 Å². The van der Waals surface area contributed by atoms with Gasteiger partial charge in [0.15, 0.2) is 0 Å². The maximum Gasteiger partial charge on any atom is 0.238 e. The first-order valence-corrected chi connectivity index (χ1v) is 11.4. The van der Waals surface area contributed by atoms with Gasteiger partial charge in [-0.3, -0.25) is 14.5 Å². The second-order valence-electron chi connectivity index (χ2n) is 7.04. The van der Waals surface area contributed by atoms with Gasteiger partial charge < -0.3 is 10.2 Å². The van der Waals surface area contributed by atoms with Crippen molar-refractivity contribution in [2.75, 3.05) is 38.0 Å². The summed E-state index contributed by atoms with van der Waals surface area (Å²) in [6, 6.07) is 7.72. The lowest BCUT2D eigenvalue weighted by molar-refractivity contribution is -0.132. The second kappa shape index (κ2) is 9.46. The van der Waals surface area contributed by atoms with Crippen molar-refractivity contribution in [2.45, 2.75) is 6.42 Å². The van der Waals surface area contributed by atoms with Gasteiger partial charge in [-0.25, -0.2) is 9.37 Å². The first-order chi connectivity index (χ1) is 14.6. The lowest BCUT2D eigenvalue weighted by atomic mass is 10.2. The highest BCUT2D eigenvalue weighted by molar-refractivity contribution is 7.14. The van der Waals surface area contributed by atoms with Crippen molar-refractivity contribution in [2.24, 2.45) is 0 Å². The molecule has 1 saturated heterocycles. The SMILES string of the molecule is O=C(CN1CCN(C(=O)Cc2csc(-c3ccsc3)n2)CC1)Nc1ccc(F)cc1. The number of carbonyl (C=O) groups is 2. The van der Waals surface area contributed by atoms with Gasteiger partial charge in [0.2, 0.25) is 11.8 Å². The molecule has 1 aromatic carbocycles. The van der Waals surface area contributed by atoms with Crippen LogP contribution in [0.1, 0.15) is 5.69 Å². The molecule has 3 heterocycles. The van der Waals surface area contributed by atoms with Crippen molar-refractivity contribution < 1.29 is 14.0 Å². The van der Waals surface area contributed by atoms with Crippen LogP contribution in [0.2, 0.25) is 0 Å². The molecule has 30 heavy (non-hydrogen) atoms. The zero-order valence-electron chi connectivity index (χ0n) is 16.2. The van der Waals surface area contributed by atoms with Crippen molar-refractivity contribution in [1.82, 2.24) is 14.8 Å². The van der Waals surface area contributed by atoms with Crippen LogP contribution in [0.5, 0.6) is 0 Å². The summed E-state index contributed by atoms with van der Waals surface area (Å²) in [6.07, 6.45) is 0.297. The van der Waals surface area contributed by atoms with E-state index < -0.39 is 0 Å². The molecule has 1 fully saturated rings. The fraction of sp³-hybridized carbons (Fsp3) is 0.286. The number of amides is 2. The van der Waals surface area contributed by atoms with Gasteiger partial charge in [0, 0.05) is 48.2 Å². The Morgan fingerprint density at radius 2 is 1.83 bits per heavy atom. The minimum Gasteiger partial charge on any atom is -0.340 e. The number of nitrogens with one attached hydrogen (secondary N) is 1. The molecule has 0 bridgehead atoms. The van der Waals surface area contributed by atoms with Crippen molar-refractivity contribution in [3.8, 4) is 10.6 Å². The molecular weight excluding hydrogens is 423 g/mol. The van der Waals surface area contributed by atoms with Gasteiger partial charge in [0.05, 0.1) is 18.7 Å². The second-order valence-corrected chi connectivity index (χ2v) is 8.68. The highest BCUT2D eigenvalue weighted by atomic mass is 32.1. The zero-order valence-corrected chi connectivity index (χ0v) is 17.8. The first-order valence-electron chi connectivity index (χ1n) is 9.59. The van der Waals surface area contributed by atoms with Crippen LogP contribution < -0.4 is 5.32 Å². The Labute approximate surface area is 182 Å². The Bertz CT molecular complexity index is 996. The molecule has 0 unspecified atom stereocenters. The summed E-state index contributed by atoms with van der Waals surface area (Å²) < 4.78 is 12.9. The summed E-state index contributed by atoms with van der Waals surface area (Å²) in [6.45, 7) is 2.70. The average molecular weight is 445 g/mol. The molecule has 2 aromatic heterocycles. The van der Waals surface area contributed by atoms with Gasteiger partial charge in [-0.2, -0.15) is 11.3 Å². The monoisotopic (exact) mass is 444 g/mol. The van der Waals surface area contributed by atoms with Crippen molar-refractivity contribution in [3.63, 3.8) is 0 Å². The Morgan fingerprint density at radius 1 is 1.07 bits per heavy atom. The van der Waals surface area contributed by atoms with E-state index in [-0.39, 0.29) is 24.2 Å². The molecule has 0 spiro atoms. The zero-order chi connectivity index (χ0) is 20.9. The molecule has 0 aliphatic carbocycles. The quantitative estimate of drug-likeness (QED) is 0.633. The minimum atomic E-state index is -0.339. The Balaban J connectivity index is 1.22. The number of benzene rings is 1. The highest BCUT2D eigenvalue weighted by Gasteiger charge is 2.23. The Morgan fingerprint density at radius 3 is 2.53 bits per heavy atom. The topological polar surface area (TPSA) is 65.5 Å². The molecule has 1 aliphatic heterocycles. The maximum absolute atomic E-state index is 12.9. The van der Waals surface area contributed by atoms with E-state index >= 15 is 0 Å². The van der Waals surface area contributed by atoms with Gasteiger partial charge in [0.25, 0.3) is 0 Å². The number of thiazole rings is 1. The standard InChI is InChI=1S/C21H21FN4O2S2/c22-16-1-3-17(4-2-16)23-19(27)12-25-6-8-26(9-7-25)20(28)11-18-14-30-21(24-18)15-5-10-29-13-15/h1-5,10,13-14H,6-9,11-12H2,(H,23,27). The van der Waals surface area contributed by atoms with Gasteiger partial charge >= 0.3 is 0 Å². The van der Waals surface area contributed by atoms with E-state index in [9.17, 15) is 14.0 Å². The van der Waals surface area contributed by atoms with Gasteiger partial charge in [-0.05, 0) is 35.7 Å². The van der Waals surface area contributed by atoms with Crippen LogP contribution in [0.4, 0.5) is 10.1 Å². The summed E-state index contributed by atoms with van der Waals surface area (Å²) in [5.41, 5.74) is 2.46. The minimum absolute atomic E-state index is 0.0626. The van der Waals surface area contributed by atoms with Crippen LogP contribution >= 0.6 is 22.7 Å². The molecule has 2 amide bonds. The van der Waals surface area contributed by atoms with Crippen molar-refractivity contribution >= 4 is 40.2 Å². The van der Waals surface area contributed by atoms with Crippen LogP contribution in [-0.4, -0.2) is 59.3 Å². The lowest BCUT2D eigenvalue weighted by Crippen LogP contribution is -2.50. The molecule has 9 heteroatoms. The smallest absolute Gasteiger partial charge is 0.238 e. The molecule has 4 rings (SSSR count). The number of rotatable bonds is 6. The van der Waals surface area contributed by atoms with E-state index in [0.717, 1.165) is 16.3 Å². The van der Waals surface area contributed by atoms with E-state index in [1.54, 1.807) is 22.7 Å². The van der Waals surface area contributed by atoms with Crippen molar-refractivity contribution in [1.29, 1.82) is 0 Å². The van der Waals surface area contributed by atoms with E-state index in [1.165, 1.54) is 24.3 Å². The molecule has 0 radical (unpaired) electrons. The molecule has 1 N–H and O–H groups in total. The van der Waals surface area contributed by atoms with Crippen LogP contribution in [0.25, 0.3) is 10.6 Å². The van der Waals surface area contributed by atoms with Crippen LogP contribution in [0.15, 0.2) is 46.5 Å². The predicted molar refractivity (Wildman–Crippen MR) is 117 cm³/mol. The van der Waals surface area contributed by atoms with Crippen LogP contribution in [-0.2, 0) is 16.0 Å². The normalized spacial score (nSPS) is 14.6. The molecular formula is C21H21FN4O2S2. The number of halogens is 1. The van der Waals surface area contributed by atoms with E-state index in [0.29, 0.717) is 38.3 Å². The number of piperazine rings is 1. The Kier molecular flexibility index (Phi) is 6.51. The average Bonchev–Trinajstić information content (AvgIpc) is 3.42. The summed E-state index contributed by atoms with van der Waals surface area (Å²) >= 11 is 3.18. The largest absolute Gasteiger partial charge is 0.340 e. The Hall–Kier alpha value is -2.62. The summed E-state index contributed by atoms with van der Waals surface area (Å²) in [7, 11) is 0. The molecule has 156 valence electrons.